The molecule has 3 aromatic carbocycles. The van der Waals surface area contributed by atoms with Crippen LogP contribution in [0.25, 0.3) is 37.3 Å². The van der Waals surface area contributed by atoms with E-state index in [1.165, 1.54) is 99.3 Å². The fourth-order valence-corrected chi connectivity index (χ4v) is 16.6. The molecule has 6 aromatic rings. The number of thioether (sulfide) groups is 1. The molecule has 0 radical (unpaired) electrons. The van der Waals surface area contributed by atoms with Crippen molar-refractivity contribution in [2.45, 2.75) is 187 Å². The third kappa shape index (κ3) is 12.8. The number of nitriles is 1. The number of aromatic nitrogens is 2. The number of amides is 1. The van der Waals surface area contributed by atoms with Crippen LogP contribution in [0.3, 0.4) is 0 Å². The number of nitrogens with zero attached hydrogens (tertiary/aromatic N) is 6. The van der Waals surface area contributed by atoms with Gasteiger partial charge in [-0.05, 0) is 112 Å². The molecule has 13 heteroatoms. The Kier molecular flexibility index (Phi) is 20.6. The predicted molar refractivity (Wildman–Crippen MR) is 353 cm³/mol. The Labute approximate surface area is 510 Å². The minimum Gasteiger partial charge on any atom is -0.762 e. The van der Waals surface area contributed by atoms with E-state index in [9.17, 15) is 20.3 Å². The summed E-state index contributed by atoms with van der Waals surface area (Å²) in [6, 6.07) is 26.1. The fourth-order valence-electron chi connectivity index (χ4n) is 12.5. The second-order valence-electron chi connectivity index (χ2n) is 23.5. The number of carbonyl (C=O) groups excluding carboxylic acids is 2. The number of nitrogens with one attached hydrogen (secondary N) is 1. The Morgan fingerprint density at radius 2 is 1.42 bits per heavy atom. The number of rotatable bonds is 29. The minimum atomic E-state index is -0.473. The van der Waals surface area contributed by atoms with E-state index in [0.29, 0.717) is 42.0 Å². The number of hydrogen-bond donors (Lipinski definition) is 1. The summed E-state index contributed by atoms with van der Waals surface area (Å²) in [4.78, 5) is 37.3. The van der Waals surface area contributed by atoms with Crippen LogP contribution in [0.1, 0.15) is 178 Å². The molecule has 0 saturated carbocycles. The van der Waals surface area contributed by atoms with Crippen LogP contribution in [0, 0.1) is 11.3 Å². The van der Waals surface area contributed by atoms with Crippen molar-refractivity contribution in [1.29, 1.82) is 5.26 Å². The lowest BCUT2D eigenvalue weighted by Gasteiger charge is -2.30. The molecule has 1 amide bonds. The van der Waals surface area contributed by atoms with Crippen LogP contribution in [0.5, 0.6) is 0 Å². The van der Waals surface area contributed by atoms with Gasteiger partial charge in [-0.3, -0.25) is 9.59 Å². The molecule has 2 aliphatic heterocycles. The van der Waals surface area contributed by atoms with Crippen molar-refractivity contribution in [1.82, 2.24) is 14.1 Å². The van der Waals surface area contributed by atoms with E-state index in [0.717, 1.165) is 113 Å². The lowest BCUT2D eigenvalue weighted by atomic mass is 9.73. The number of hydrogen-bond acceptors (Lipinski definition) is 10. The number of benzene rings is 3. The van der Waals surface area contributed by atoms with Gasteiger partial charge in [-0.2, -0.15) is 18.6 Å². The van der Waals surface area contributed by atoms with E-state index in [2.05, 4.69) is 150 Å². The molecule has 5 heterocycles. The zero-order valence-electron chi connectivity index (χ0n) is 50.5. The molecule has 9 nitrogen and oxygen atoms in total. The van der Waals surface area contributed by atoms with Crippen molar-refractivity contribution in [3.8, 4) is 27.0 Å². The monoisotopic (exact) mass is 1180 g/mol. The number of thiophene rings is 2. The summed E-state index contributed by atoms with van der Waals surface area (Å²) in [5.41, 5.74) is 13.9. The number of para-hydroxylation sites is 2. The van der Waals surface area contributed by atoms with E-state index in [1.807, 2.05) is 40.9 Å². The highest BCUT2D eigenvalue weighted by Crippen LogP contribution is 2.51. The maximum atomic E-state index is 14.6. The molecule has 434 valence electrons. The molecule has 1 aliphatic carbocycles. The molecule has 0 bridgehead atoms. The van der Waals surface area contributed by atoms with E-state index >= 15 is 0 Å². The zero-order chi connectivity index (χ0) is 58.8. The molecule has 0 unspecified atom stereocenters. The molecule has 0 saturated heterocycles. The van der Waals surface area contributed by atoms with Gasteiger partial charge in [0.25, 0.3) is 0 Å². The van der Waals surface area contributed by atoms with Crippen LogP contribution in [-0.4, -0.2) is 62.0 Å². The van der Waals surface area contributed by atoms with Gasteiger partial charge in [0.1, 0.15) is 23.6 Å². The van der Waals surface area contributed by atoms with Crippen LogP contribution in [0.4, 0.5) is 11.4 Å². The summed E-state index contributed by atoms with van der Waals surface area (Å²) < 4.78 is 12.3. The first-order valence-corrected chi connectivity index (χ1v) is 34.1. The first-order valence-electron chi connectivity index (χ1n) is 30.7. The molecule has 3 aromatic heterocycles. The van der Waals surface area contributed by atoms with E-state index in [1.54, 1.807) is 11.8 Å². The normalized spacial score (nSPS) is 16.0. The molecule has 1 N–H and O–H groups in total. The highest BCUT2D eigenvalue weighted by Gasteiger charge is 2.47. The molecular formula is C70H83N7O2S4. The van der Waals surface area contributed by atoms with Crippen molar-refractivity contribution in [2.75, 3.05) is 30.3 Å². The molecule has 0 spiro atoms. The Morgan fingerprint density at radius 3 is 2.10 bits per heavy atom. The summed E-state index contributed by atoms with van der Waals surface area (Å²) in [5, 5.41) is 24.0. The van der Waals surface area contributed by atoms with Crippen molar-refractivity contribution < 1.29 is 14.2 Å². The summed E-state index contributed by atoms with van der Waals surface area (Å²) >= 11 is 6.87. The van der Waals surface area contributed by atoms with Crippen LogP contribution in [0.2, 0.25) is 0 Å². The van der Waals surface area contributed by atoms with Crippen LogP contribution >= 0.6 is 46.2 Å². The summed E-state index contributed by atoms with van der Waals surface area (Å²) in [6.45, 7) is 22.0. The topological polar surface area (TPSA) is 124 Å². The van der Waals surface area contributed by atoms with Crippen molar-refractivity contribution in [3.05, 3.63) is 144 Å². The first-order chi connectivity index (χ1) is 40.2. The standard InChI is InChI=1S/C70H83N7O2S4/c1-10-15-18-20-28-46-39-58(81-56(46)13-4)49-41-59(65(67-66(49)74-83-75-67)60-40-47(57(14-5)82-60)29-21-19-16-11-2)80-38-34-63(78)73-35-26-27-37-77-55-33-25-23-31-53(55)70(8,9)62(77)43-51-64(48(44-71)45-72)50(68(51)79)42-61-69(6,7)52-30-22-24-32-54(52)76(61)36-17-12-3/h22-25,30-33,39-43H,10-21,26-29,34-38H2,1-9H3,(H,73,78). The average molecular weight is 1180 g/mol. The van der Waals surface area contributed by atoms with Gasteiger partial charge >= 0.3 is 0 Å². The Bertz CT molecular complexity index is 3600. The maximum Gasteiger partial charge on any atom is 0.220 e. The highest BCUT2D eigenvalue weighted by atomic mass is 32.2. The lowest BCUT2D eigenvalue weighted by molar-refractivity contribution is -0.438. The number of carbonyl (C=O) groups is 2. The predicted octanol–water partition coefficient (Wildman–Crippen LogP) is 18.0. The Morgan fingerprint density at radius 1 is 0.771 bits per heavy atom. The van der Waals surface area contributed by atoms with Crippen molar-refractivity contribution in [3.63, 3.8) is 0 Å². The van der Waals surface area contributed by atoms with Gasteiger partial charge < -0.3 is 15.6 Å². The van der Waals surface area contributed by atoms with Gasteiger partial charge in [-0.25, -0.2) is 5.87 Å². The average Bonchev–Trinajstić information content (AvgIpc) is 4.36. The second-order valence-corrected chi connectivity index (χ2v) is 27.4. The number of Topliss-reactive ketones (excluding diaryl/α,β-unsaturated/α-hetero) is 1. The van der Waals surface area contributed by atoms with E-state index < -0.39 is 10.8 Å². The number of aryl methyl sites for hydroxylation is 4. The molecular weight excluding hydrogens is 1100 g/mol. The maximum absolute atomic E-state index is 14.6. The fraction of sp³-hybridized carbons (Fsp3) is 0.457. The number of fused-ring (bicyclic) bond motifs is 3. The lowest BCUT2D eigenvalue weighted by Crippen LogP contribution is -2.33. The minimum absolute atomic E-state index is 0.0339. The first kappa shape index (κ1) is 61.6. The van der Waals surface area contributed by atoms with Gasteiger partial charge in [-0.15, -0.1) is 34.4 Å². The van der Waals surface area contributed by atoms with Crippen LogP contribution in [0.15, 0.2) is 112 Å². The zero-order valence-corrected chi connectivity index (χ0v) is 53.8. The summed E-state index contributed by atoms with van der Waals surface area (Å²) in [7, 11) is 0. The summed E-state index contributed by atoms with van der Waals surface area (Å²) in [5.74, 6) is 2.64. The van der Waals surface area contributed by atoms with Crippen LogP contribution < -0.4 is 10.2 Å². The Hall–Kier alpha value is -6.00. The van der Waals surface area contributed by atoms with E-state index in [4.69, 9.17) is 8.75 Å². The van der Waals surface area contributed by atoms with E-state index in [-0.39, 0.29) is 17.3 Å². The van der Waals surface area contributed by atoms with Crippen molar-refractivity contribution in [2.24, 2.45) is 0 Å². The molecule has 83 heavy (non-hydrogen) atoms. The molecule has 0 atom stereocenters. The smallest absolute Gasteiger partial charge is 0.220 e. The molecule has 0 fully saturated rings. The number of ketones is 1. The summed E-state index contributed by atoms with van der Waals surface area (Å²) in [6.07, 6.45) is 21.9. The third-order valence-corrected chi connectivity index (χ3v) is 21.4. The Balaban J connectivity index is 0.927. The number of anilines is 1. The van der Waals surface area contributed by atoms with Crippen LogP contribution in [-0.2, 0) is 46.1 Å². The quantitative estimate of drug-likeness (QED) is 0.0124. The second kappa shape index (κ2) is 27.8. The largest absolute Gasteiger partial charge is 0.762 e. The van der Waals surface area contributed by atoms with Gasteiger partial charge in [-0.1, -0.05) is 130 Å². The van der Waals surface area contributed by atoms with Gasteiger partial charge in [0.05, 0.1) is 22.7 Å². The molecule has 9 rings (SSSR count). The molecule has 3 aliphatic rings. The highest BCUT2D eigenvalue weighted by molar-refractivity contribution is 7.99. The third-order valence-electron chi connectivity index (χ3n) is 17.2. The van der Waals surface area contributed by atoms with Gasteiger partial charge in [0, 0.05) is 118 Å². The number of unbranched alkanes of at least 4 members (excludes halogenated alkanes) is 8. The SMILES string of the molecule is CCCCCCc1cc(-c2cc(SCCC(=O)NCCCC[N+]3=C(/C=C4/C(=O)C(/C=C5/N(CCCC)c6ccccc6C5(C)C)=C4C(=C=[N-])C#N)C(C)(C)c4ccccc43)c(-c3cc(CCCCCC)c(CC)s3)c3nsnc23)sc1CC. The van der Waals surface area contributed by atoms with Gasteiger partial charge in [0.15, 0.2) is 11.5 Å². The van der Waals surface area contributed by atoms with Crippen molar-refractivity contribution >= 4 is 91.8 Å². The van der Waals surface area contributed by atoms with Gasteiger partial charge in [0.2, 0.25) is 11.6 Å². The number of allylic oxidation sites excluding steroid dienone is 7.